The summed E-state index contributed by atoms with van der Waals surface area (Å²) < 4.78 is 0. The molecule has 1 fully saturated rings. The summed E-state index contributed by atoms with van der Waals surface area (Å²) in [7, 11) is 1.78. The van der Waals surface area contributed by atoms with Crippen LogP contribution in [0.2, 0.25) is 0 Å². The second-order valence-corrected chi connectivity index (χ2v) is 7.57. The first-order valence-corrected chi connectivity index (χ1v) is 9.92. The lowest BCUT2D eigenvalue weighted by atomic mass is 10.2. The summed E-state index contributed by atoms with van der Waals surface area (Å²) in [6, 6.07) is 12.5. The molecular weight excluding hydrogens is 471 g/mol. The van der Waals surface area contributed by atoms with E-state index >= 15 is 0 Å². The van der Waals surface area contributed by atoms with Crippen LogP contribution in [-0.2, 0) is 24.3 Å². The average molecular weight is 498 g/mol. The van der Waals surface area contributed by atoms with Crippen molar-refractivity contribution in [2.75, 3.05) is 18.5 Å². The van der Waals surface area contributed by atoms with E-state index in [1.807, 2.05) is 28.4 Å². The minimum atomic E-state index is 0. The van der Waals surface area contributed by atoms with Crippen molar-refractivity contribution in [2.45, 2.75) is 39.3 Å². The highest BCUT2D eigenvalue weighted by Gasteiger charge is 2.21. The first-order valence-electron chi connectivity index (χ1n) is 9.11. The maximum atomic E-state index is 11.8. The van der Waals surface area contributed by atoms with Crippen molar-refractivity contribution in [2.24, 2.45) is 4.99 Å². The molecule has 3 rings (SSSR count). The molecule has 2 heterocycles. The van der Waals surface area contributed by atoms with Gasteiger partial charge in [-0.2, -0.15) is 0 Å². The topological polar surface area (TPSA) is 56.7 Å². The number of nitrogens with one attached hydrogen (secondary N) is 2. The fraction of sp³-hybridized carbons (Fsp3) is 0.400. The molecule has 0 bridgehead atoms. The molecule has 27 heavy (non-hydrogen) atoms. The first-order chi connectivity index (χ1) is 12.7. The lowest BCUT2D eigenvalue weighted by Crippen LogP contribution is -2.36. The van der Waals surface area contributed by atoms with Crippen molar-refractivity contribution in [3.63, 3.8) is 0 Å². The van der Waals surface area contributed by atoms with E-state index in [9.17, 15) is 4.79 Å². The second kappa shape index (κ2) is 10.7. The van der Waals surface area contributed by atoms with Crippen molar-refractivity contribution < 1.29 is 4.79 Å². The number of carbonyl (C=O) groups is 1. The van der Waals surface area contributed by atoms with Gasteiger partial charge in [0.25, 0.3) is 0 Å². The number of benzene rings is 1. The quantitative estimate of drug-likeness (QED) is 0.361. The van der Waals surface area contributed by atoms with Gasteiger partial charge in [-0.05, 0) is 42.7 Å². The number of aliphatic imine (C=N–C) groups is 1. The van der Waals surface area contributed by atoms with E-state index in [1.165, 1.54) is 9.75 Å². The van der Waals surface area contributed by atoms with E-state index < -0.39 is 0 Å². The van der Waals surface area contributed by atoms with Crippen LogP contribution in [0.4, 0.5) is 5.69 Å². The summed E-state index contributed by atoms with van der Waals surface area (Å²) in [4.78, 5) is 20.7. The highest BCUT2D eigenvalue weighted by molar-refractivity contribution is 14.0. The van der Waals surface area contributed by atoms with Gasteiger partial charge in [0.1, 0.15) is 0 Å². The lowest BCUT2D eigenvalue weighted by molar-refractivity contribution is -0.117. The number of hydrogen-bond donors (Lipinski definition) is 2. The SMILES string of the molecule is CCc1ccc(CNC(=NC)NCc2ccc(N3CCCC3=O)cc2)s1.I. The Kier molecular flexibility index (Phi) is 8.56. The molecule has 0 saturated carbocycles. The molecule has 0 spiro atoms. The number of hydrogen-bond acceptors (Lipinski definition) is 3. The summed E-state index contributed by atoms with van der Waals surface area (Å²) in [6.45, 7) is 4.47. The van der Waals surface area contributed by atoms with Gasteiger partial charge in [-0.15, -0.1) is 35.3 Å². The third kappa shape index (κ3) is 5.93. The van der Waals surface area contributed by atoms with Crippen molar-refractivity contribution in [3.8, 4) is 0 Å². The van der Waals surface area contributed by atoms with E-state index in [4.69, 9.17) is 0 Å². The van der Waals surface area contributed by atoms with Crippen LogP contribution < -0.4 is 15.5 Å². The number of amides is 1. The average Bonchev–Trinajstić information content (AvgIpc) is 3.31. The van der Waals surface area contributed by atoms with E-state index in [0.29, 0.717) is 13.0 Å². The molecule has 1 aromatic carbocycles. The normalized spacial score (nSPS) is 14.2. The fourth-order valence-corrected chi connectivity index (χ4v) is 3.90. The molecule has 1 aliphatic rings. The fourth-order valence-electron chi connectivity index (χ4n) is 3.00. The van der Waals surface area contributed by atoms with Crippen LogP contribution in [-0.4, -0.2) is 25.5 Å². The van der Waals surface area contributed by atoms with Crippen molar-refractivity contribution in [3.05, 3.63) is 51.7 Å². The molecule has 0 unspecified atom stereocenters. The molecule has 1 aromatic heterocycles. The van der Waals surface area contributed by atoms with Crippen LogP contribution in [0.5, 0.6) is 0 Å². The number of carbonyl (C=O) groups excluding carboxylic acids is 1. The molecule has 1 saturated heterocycles. The zero-order valence-electron chi connectivity index (χ0n) is 15.8. The molecule has 0 aliphatic carbocycles. The van der Waals surface area contributed by atoms with E-state index in [0.717, 1.165) is 43.1 Å². The van der Waals surface area contributed by atoms with E-state index in [2.05, 4.69) is 46.8 Å². The molecule has 7 heteroatoms. The Morgan fingerprint density at radius 3 is 2.41 bits per heavy atom. The summed E-state index contributed by atoms with van der Waals surface area (Å²) in [5.41, 5.74) is 2.15. The Bertz CT molecular complexity index is 773. The Morgan fingerprint density at radius 1 is 1.11 bits per heavy atom. The number of halogens is 1. The summed E-state index contributed by atoms with van der Waals surface area (Å²) in [5.74, 6) is 1.01. The molecule has 0 atom stereocenters. The van der Waals surface area contributed by atoms with Gasteiger partial charge in [-0.3, -0.25) is 9.79 Å². The Labute approximate surface area is 182 Å². The smallest absolute Gasteiger partial charge is 0.227 e. The third-order valence-electron chi connectivity index (χ3n) is 4.50. The van der Waals surface area contributed by atoms with Crippen LogP contribution >= 0.6 is 35.3 Å². The van der Waals surface area contributed by atoms with Crippen LogP contribution in [0.15, 0.2) is 41.4 Å². The molecule has 5 nitrogen and oxygen atoms in total. The van der Waals surface area contributed by atoms with Crippen LogP contribution in [0.25, 0.3) is 0 Å². The maximum Gasteiger partial charge on any atom is 0.227 e. The van der Waals surface area contributed by atoms with Crippen molar-refractivity contribution >= 4 is 52.9 Å². The molecule has 2 N–H and O–H groups in total. The van der Waals surface area contributed by atoms with Gasteiger partial charge in [0.05, 0.1) is 6.54 Å². The minimum Gasteiger partial charge on any atom is -0.352 e. The number of rotatable bonds is 6. The Hall–Kier alpha value is -1.61. The minimum absolute atomic E-state index is 0. The van der Waals surface area contributed by atoms with Crippen LogP contribution in [0.3, 0.4) is 0 Å². The Balaban J connectivity index is 0.00000261. The summed E-state index contributed by atoms with van der Waals surface area (Å²) in [5, 5.41) is 6.69. The van der Waals surface area contributed by atoms with Gasteiger partial charge in [-0.1, -0.05) is 19.1 Å². The van der Waals surface area contributed by atoms with Gasteiger partial charge in [0, 0.05) is 42.0 Å². The molecule has 2 aromatic rings. The summed E-state index contributed by atoms with van der Waals surface area (Å²) in [6.07, 6.45) is 2.69. The van der Waals surface area contributed by atoms with Gasteiger partial charge < -0.3 is 15.5 Å². The molecule has 1 amide bonds. The predicted octanol–water partition coefficient (Wildman–Crippen LogP) is 3.92. The van der Waals surface area contributed by atoms with E-state index in [-0.39, 0.29) is 29.9 Å². The van der Waals surface area contributed by atoms with Crippen molar-refractivity contribution in [1.82, 2.24) is 10.6 Å². The summed E-state index contributed by atoms with van der Waals surface area (Å²) >= 11 is 1.84. The highest BCUT2D eigenvalue weighted by atomic mass is 127. The van der Waals surface area contributed by atoms with Gasteiger partial charge in [0.15, 0.2) is 5.96 Å². The van der Waals surface area contributed by atoms with Gasteiger partial charge in [0.2, 0.25) is 5.91 Å². The predicted molar refractivity (Wildman–Crippen MR) is 124 cm³/mol. The highest BCUT2D eigenvalue weighted by Crippen LogP contribution is 2.21. The molecule has 146 valence electrons. The number of nitrogens with zero attached hydrogens (tertiary/aromatic N) is 2. The molecular formula is C20H27IN4OS. The Morgan fingerprint density at radius 2 is 1.81 bits per heavy atom. The zero-order valence-corrected chi connectivity index (χ0v) is 19.0. The monoisotopic (exact) mass is 498 g/mol. The maximum absolute atomic E-state index is 11.8. The standard InChI is InChI=1S/C20H26N4OS.HI/c1-3-17-10-11-18(26-17)14-23-20(21-2)22-13-15-6-8-16(9-7-15)24-12-4-5-19(24)25;/h6-11H,3-5,12-14H2,1-2H3,(H2,21,22,23);1H. The van der Waals surface area contributed by atoms with Gasteiger partial charge >= 0.3 is 0 Å². The van der Waals surface area contributed by atoms with Crippen molar-refractivity contribution in [1.29, 1.82) is 0 Å². The van der Waals surface area contributed by atoms with Gasteiger partial charge in [-0.25, -0.2) is 0 Å². The molecule has 1 aliphatic heterocycles. The lowest BCUT2D eigenvalue weighted by Gasteiger charge is -2.16. The number of thiophene rings is 1. The number of anilines is 1. The molecule has 0 radical (unpaired) electrons. The van der Waals surface area contributed by atoms with Crippen LogP contribution in [0.1, 0.15) is 35.1 Å². The largest absolute Gasteiger partial charge is 0.352 e. The third-order valence-corrected chi connectivity index (χ3v) is 5.73. The van der Waals surface area contributed by atoms with E-state index in [1.54, 1.807) is 7.05 Å². The van der Waals surface area contributed by atoms with Crippen LogP contribution in [0, 0.1) is 0 Å². The zero-order chi connectivity index (χ0) is 18.4. The number of aryl methyl sites for hydroxylation is 1. The number of guanidine groups is 1. The second-order valence-electron chi connectivity index (χ2n) is 6.32. The first kappa shape index (κ1) is 21.7.